The molecule has 1 aromatic carbocycles. The van der Waals surface area contributed by atoms with Crippen LogP contribution in [0.2, 0.25) is 0 Å². The number of hydrogen-bond donors (Lipinski definition) is 3. The number of hydrogen-bond acceptors (Lipinski definition) is 10. The summed E-state index contributed by atoms with van der Waals surface area (Å²) < 4.78 is 43.1. The van der Waals surface area contributed by atoms with E-state index < -0.39 is 82.8 Å². The molecule has 0 radical (unpaired) electrons. The first-order chi connectivity index (χ1) is 24.9. The minimum absolute atomic E-state index is 0.0398. The van der Waals surface area contributed by atoms with Crippen LogP contribution in [-0.4, -0.2) is 88.1 Å². The maximum Gasteiger partial charge on any atom is 0.408 e. The maximum absolute atomic E-state index is 13.6. The molecule has 3 N–H and O–H groups in total. The number of amides is 3. The number of fused-ring (bicyclic) bond motifs is 1. The zero-order valence-corrected chi connectivity index (χ0v) is 33.0. The average Bonchev–Trinajstić information content (AvgIpc) is 3.07. The van der Waals surface area contributed by atoms with Gasteiger partial charge in [-0.15, -0.1) is 11.6 Å². The summed E-state index contributed by atoms with van der Waals surface area (Å²) in [5.74, 6) is -3.24. The van der Waals surface area contributed by atoms with Crippen molar-refractivity contribution in [1.29, 1.82) is 0 Å². The van der Waals surface area contributed by atoms with E-state index in [0.717, 1.165) is 5.39 Å². The van der Waals surface area contributed by atoms with Crippen LogP contribution >= 0.6 is 11.6 Å². The van der Waals surface area contributed by atoms with E-state index in [1.165, 1.54) is 31.9 Å². The molecule has 0 saturated carbocycles. The maximum atomic E-state index is 13.6. The van der Waals surface area contributed by atoms with Gasteiger partial charge in [0, 0.05) is 11.9 Å². The third-order valence-corrected chi connectivity index (χ3v) is 8.20. The molecule has 4 atom stereocenters. The van der Waals surface area contributed by atoms with Gasteiger partial charge in [0.05, 0.1) is 34.0 Å². The molecule has 0 unspecified atom stereocenters. The average molecular weight is 780 g/mol. The SMILES string of the molecule is C[C@H](NC(=O)[C@H](CC(F)F)OC(=O)C(C)(C)/C=C/c1ccc2ccc([C@@H](C)NC(=O)OC(C)(C)C)nc2c1)C(=O)N1CCC[C@@H](C(=O)OCC(C)(C)Cl)N1. The number of hydrazine groups is 1. The minimum atomic E-state index is -3.00. The Morgan fingerprint density at radius 2 is 1.70 bits per heavy atom. The lowest BCUT2D eigenvalue weighted by Crippen LogP contribution is -2.60. The number of benzene rings is 1. The summed E-state index contributed by atoms with van der Waals surface area (Å²) >= 11 is 6.09. The summed E-state index contributed by atoms with van der Waals surface area (Å²) in [6, 6.07) is 6.59. The molecule has 1 aromatic heterocycles. The van der Waals surface area contributed by atoms with Crippen molar-refractivity contribution in [2.24, 2.45) is 5.41 Å². The van der Waals surface area contributed by atoms with Gasteiger partial charge < -0.3 is 24.8 Å². The Labute approximate surface area is 319 Å². The lowest BCUT2D eigenvalue weighted by atomic mass is 9.92. The number of esters is 2. The summed E-state index contributed by atoms with van der Waals surface area (Å²) in [7, 11) is 0. The highest BCUT2D eigenvalue weighted by atomic mass is 35.5. The van der Waals surface area contributed by atoms with E-state index in [-0.39, 0.29) is 13.2 Å². The van der Waals surface area contributed by atoms with Crippen LogP contribution in [0.4, 0.5) is 13.6 Å². The summed E-state index contributed by atoms with van der Waals surface area (Å²) in [4.78, 5) is 68.3. The number of ether oxygens (including phenoxy) is 3. The number of nitrogens with one attached hydrogen (secondary N) is 3. The van der Waals surface area contributed by atoms with E-state index >= 15 is 0 Å². The number of alkyl halides is 3. The van der Waals surface area contributed by atoms with Crippen LogP contribution in [0.1, 0.15) is 98.9 Å². The van der Waals surface area contributed by atoms with Crippen LogP contribution in [0.25, 0.3) is 17.0 Å². The molecular weight excluding hydrogens is 728 g/mol. The van der Waals surface area contributed by atoms with Gasteiger partial charge in [-0.1, -0.05) is 30.4 Å². The number of carbonyl (C=O) groups excluding carboxylic acids is 5. The number of nitrogens with zero attached hydrogens (tertiary/aromatic N) is 2. The third kappa shape index (κ3) is 13.8. The molecule has 1 aliphatic heterocycles. The zero-order valence-electron chi connectivity index (χ0n) is 32.3. The van der Waals surface area contributed by atoms with E-state index in [9.17, 15) is 32.8 Å². The van der Waals surface area contributed by atoms with Crippen molar-refractivity contribution < 1.29 is 47.0 Å². The van der Waals surface area contributed by atoms with Crippen LogP contribution in [0.15, 0.2) is 36.4 Å². The molecule has 0 bridgehead atoms. The number of pyridine rings is 1. The Hall–Kier alpha value is -4.37. The molecule has 3 rings (SSSR count). The normalized spacial score (nSPS) is 17.1. The van der Waals surface area contributed by atoms with Crippen LogP contribution in [0, 0.1) is 5.41 Å². The van der Waals surface area contributed by atoms with Crippen LogP contribution < -0.4 is 16.1 Å². The summed E-state index contributed by atoms with van der Waals surface area (Å²) in [5, 5.41) is 7.13. The van der Waals surface area contributed by atoms with Gasteiger partial charge in [-0.3, -0.25) is 29.2 Å². The van der Waals surface area contributed by atoms with Crippen molar-refractivity contribution in [2.45, 2.75) is 123 Å². The Kier molecular flexibility index (Phi) is 14.9. The quantitative estimate of drug-likeness (QED) is 0.118. The Morgan fingerprint density at radius 3 is 2.33 bits per heavy atom. The molecule has 13 nitrogen and oxygen atoms in total. The second-order valence-electron chi connectivity index (χ2n) is 15.5. The molecule has 1 fully saturated rings. The van der Waals surface area contributed by atoms with E-state index in [2.05, 4.69) is 21.0 Å². The Balaban J connectivity index is 1.65. The fraction of sp³-hybridized carbons (Fsp3) is 0.579. The molecule has 298 valence electrons. The minimum Gasteiger partial charge on any atom is -0.463 e. The highest BCUT2D eigenvalue weighted by Gasteiger charge is 2.36. The van der Waals surface area contributed by atoms with E-state index in [1.807, 2.05) is 12.1 Å². The Bertz CT molecular complexity index is 1710. The molecule has 0 aliphatic carbocycles. The van der Waals surface area contributed by atoms with Crippen LogP contribution in [0.3, 0.4) is 0 Å². The van der Waals surface area contributed by atoms with Crippen molar-refractivity contribution in [3.8, 4) is 0 Å². The smallest absolute Gasteiger partial charge is 0.408 e. The number of rotatable bonds is 14. The van der Waals surface area contributed by atoms with Gasteiger partial charge in [-0.2, -0.15) is 0 Å². The van der Waals surface area contributed by atoms with Gasteiger partial charge in [0.25, 0.3) is 11.8 Å². The van der Waals surface area contributed by atoms with E-state index in [4.69, 9.17) is 25.8 Å². The second kappa shape index (κ2) is 18.3. The van der Waals surface area contributed by atoms with Crippen molar-refractivity contribution in [3.05, 3.63) is 47.7 Å². The van der Waals surface area contributed by atoms with Crippen LogP contribution in [-0.2, 0) is 33.4 Å². The molecule has 1 aliphatic rings. The third-order valence-electron chi connectivity index (χ3n) is 8.09. The molecule has 2 heterocycles. The summed E-state index contributed by atoms with van der Waals surface area (Å²) in [6.45, 7) is 15.0. The molecule has 1 saturated heterocycles. The number of carbonyl (C=O) groups is 5. The first-order valence-electron chi connectivity index (χ1n) is 17.8. The van der Waals surface area contributed by atoms with Crippen LogP contribution in [0.5, 0.6) is 0 Å². The monoisotopic (exact) mass is 779 g/mol. The molecule has 54 heavy (non-hydrogen) atoms. The van der Waals surface area contributed by atoms with Gasteiger partial charge in [-0.25, -0.2) is 19.0 Å². The molecule has 16 heteroatoms. The highest BCUT2D eigenvalue weighted by Crippen LogP contribution is 2.25. The fourth-order valence-electron chi connectivity index (χ4n) is 5.14. The molecular formula is C38H52ClF2N5O8. The second-order valence-corrected chi connectivity index (χ2v) is 16.5. The van der Waals surface area contributed by atoms with Gasteiger partial charge in [0.2, 0.25) is 6.43 Å². The van der Waals surface area contributed by atoms with Crippen molar-refractivity contribution in [2.75, 3.05) is 13.2 Å². The lowest BCUT2D eigenvalue weighted by molar-refractivity contribution is -0.164. The highest BCUT2D eigenvalue weighted by molar-refractivity contribution is 6.23. The molecule has 2 aromatic rings. The standard InChI is InChI=1S/C38H52ClF2N5O8/c1-22(43-35(51)54-36(3,4)5)26-15-14-25-13-12-24(19-28(25)44-26)16-17-37(6,7)34(50)53-29(20-30(40)41)31(47)42-23(2)32(48)46-18-10-11-27(45-46)33(49)52-21-38(8,9)39/h12-17,19,22-23,27,29-30,45H,10-11,18,20-21H2,1-9H3,(H,42,47)(H,43,51)/b17-16+/t22-,23+,27+,29+/m1/s1. The zero-order chi connectivity index (χ0) is 40.6. The van der Waals surface area contributed by atoms with Gasteiger partial charge >= 0.3 is 18.0 Å². The fourth-order valence-corrected chi connectivity index (χ4v) is 5.19. The lowest BCUT2D eigenvalue weighted by Gasteiger charge is -2.34. The largest absolute Gasteiger partial charge is 0.463 e. The molecule has 3 amide bonds. The van der Waals surface area contributed by atoms with Gasteiger partial charge in [-0.05, 0) is 92.9 Å². The van der Waals surface area contributed by atoms with Gasteiger partial charge in [0.15, 0.2) is 6.10 Å². The predicted octanol–water partition coefficient (Wildman–Crippen LogP) is 5.99. The number of alkyl carbamates (subject to hydrolysis) is 1. The van der Waals surface area contributed by atoms with Gasteiger partial charge in [0.1, 0.15) is 24.3 Å². The van der Waals surface area contributed by atoms with Crippen molar-refractivity contribution in [1.82, 2.24) is 26.1 Å². The topological polar surface area (TPSA) is 165 Å². The first-order valence-corrected chi connectivity index (χ1v) is 18.1. The predicted molar refractivity (Wildman–Crippen MR) is 199 cm³/mol. The molecule has 0 spiro atoms. The van der Waals surface area contributed by atoms with Crippen molar-refractivity contribution >= 4 is 58.4 Å². The van der Waals surface area contributed by atoms with Crippen molar-refractivity contribution in [3.63, 3.8) is 0 Å². The summed E-state index contributed by atoms with van der Waals surface area (Å²) in [6.07, 6.45) is -2.53. The first kappa shape index (κ1) is 44.0. The number of halogens is 3. The Morgan fingerprint density at radius 1 is 1.04 bits per heavy atom. The summed E-state index contributed by atoms with van der Waals surface area (Å²) in [5.41, 5.74) is 2.66. The van der Waals surface area contributed by atoms with E-state index in [1.54, 1.807) is 65.8 Å². The number of aromatic nitrogens is 1. The van der Waals surface area contributed by atoms with E-state index in [0.29, 0.717) is 29.6 Å².